The SMILES string of the molecule is CC[C@@H](C)c1ccc(S(=O)(=O)N(CC)CCO)cc1. The van der Waals surface area contributed by atoms with Crippen LogP contribution in [-0.4, -0.2) is 37.5 Å². The van der Waals surface area contributed by atoms with Gasteiger partial charge in [-0.2, -0.15) is 4.31 Å². The van der Waals surface area contributed by atoms with Gasteiger partial charge in [0, 0.05) is 13.1 Å². The lowest BCUT2D eigenvalue weighted by atomic mass is 9.99. The Bertz CT molecular complexity index is 482. The molecule has 4 nitrogen and oxygen atoms in total. The van der Waals surface area contributed by atoms with Gasteiger partial charge >= 0.3 is 0 Å². The molecule has 1 aromatic rings. The van der Waals surface area contributed by atoms with Crippen LogP contribution in [0.25, 0.3) is 0 Å². The molecule has 0 saturated heterocycles. The summed E-state index contributed by atoms with van der Waals surface area (Å²) in [5.74, 6) is 0.427. The summed E-state index contributed by atoms with van der Waals surface area (Å²) >= 11 is 0. The van der Waals surface area contributed by atoms with Crippen LogP contribution in [0.3, 0.4) is 0 Å². The lowest BCUT2D eigenvalue weighted by molar-refractivity contribution is 0.257. The van der Waals surface area contributed by atoms with E-state index in [4.69, 9.17) is 5.11 Å². The molecule has 0 aliphatic carbocycles. The first-order chi connectivity index (χ1) is 8.97. The first-order valence-electron chi connectivity index (χ1n) is 6.68. The zero-order valence-corrected chi connectivity index (χ0v) is 12.7. The molecule has 0 spiro atoms. The maximum Gasteiger partial charge on any atom is 0.243 e. The van der Waals surface area contributed by atoms with Crippen LogP contribution in [0.5, 0.6) is 0 Å². The van der Waals surface area contributed by atoms with Gasteiger partial charge in [-0.15, -0.1) is 0 Å². The minimum atomic E-state index is -3.49. The fraction of sp³-hybridized carbons (Fsp3) is 0.571. The summed E-state index contributed by atoms with van der Waals surface area (Å²) in [6, 6.07) is 7.04. The van der Waals surface area contributed by atoms with Gasteiger partial charge in [0.1, 0.15) is 0 Å². The zero-order chi connectivity index (χ0) is 14.5. The molecule has 1 rings (SSSR count). The number of hydrogen-bond donors (Lipinski definition) is 1. The van der Waals surface area contributed by atoms with Gasteiger partial charge in [0.15, 0.2) is 0 Å². The van der Waals surface area contributed by atoms with Crippen molar-refractivity contribution in [2.75, 3.05) is 19.7 Å². The Balaban J connectivity index is 3.02. The van der Waals surface area contributed by atoms with E-state index in [-0.39, 0.29) is 18.0 Å². The van der Waals surface area contributed by atoms with Crippen molar-refractivity contribution in [3.63, 3.8) is 0 Å². The van der Waals surface area contributed by atoms with E-state index in [9.17, 15) is 8.42 Å². The number of aliphatic hydroxyl groups is 1. The van der Waals surface area contributed by atoms with E-state index in [0.29, 0.717) is 12.5 Å². The molecule has 1 N–H and O–H groups in total. The third-order valence-corrected chi connectivity index (χ3v) is 5.39. The van der Waals surface area contributed by atoms with Gasteiger partial charge in [0.05, 0.1) is 11.5 Å². The molecule has 0 aromatic heterocycles. The van der Waals surface area contributed by atoms with Crippen molar-refractivity contribution in [1.82, 2.24) is 4.31 Å². The lowest BCUT2D eigenvalue weighted by Crippen LogP contribution is -2.33. The molecule has 0 radical (unpaired) electrons. The Labute approximate surface area is 116 Å². The predicted octanol–water partition coefficient (Wildman–Crippen LogP) is 2.20. The Kier molecular flexibility index (Phi) is 5.97. The molecule has 5 heteroatoms. The van der Waals surface area contributed by atoms with Crippen LogP contribution in [0, 0.1) is 0 Å². The van der Waals surface area contributed by atoms with E-state index in [2.05, 4.69) is 13.8 Å². The molecule has 0 fully saturated rings. The Hall–Kier alpha value is -0.910. The van der Waals surface area contributed by atoms with Crippen molar-refractivity contribution >= 4 is 10.0 Å². The second kappa shape index (κ2) is 7.03. The van der Waals surface area contributed by atoms with Gasteiger partial charge in [0.25, 0.3) is 0 Å². The summed E-state index contributed by atoms with van der Waals surface area (Å²) in [5, 5.41) is 8.92. The van der Waals surface area contributed by atoms with Crippen molar-refractivity contribution < 1.29 is 13.5 Å². The van der Waals surface area contributed by atoms with E-state index in [1.54, 1.807) is 19.1 Å². The molecule has 1 aromatic carbocycles. The quantitative estimate of drug-likeness (QED) is 0.835. The second-order valence-electron chi connectivity index (χ2n) is 4.60. The molecule has 0 bridgehead atoms. The van der Waals surface area contributed by atoms with Crippen LogP contribution in [0.2, 0.25) is 0 Å². The molecule has 0 unspecified atom stereocenters. The van der Waals surface area contributed by atoms with Crippen molar-refractivity contribution in [2.45, 2.75) is 38.0 Å². The number of nitrogens with zero attached hydrogens (tertiary/aromatic N) is 1. The maximum atomic E-state index is 12.3. The molecule has 1 atom stereocenters. The lowest BCUT2D eigenvalue weighted by Gasteiger charge is -2.19. The molecular formula is C14H23NO3S. The maximum absolute atomic E-state index is 12.3. The summed E-state index contributed by atoms with van der Waals surface area (Å²) in [4.78, 5) is 0.287. The largest absolute Gasteiger partial charge is 0.395 e. The van der Waals surface area contributed by atoms with E-state index in [1.165, 1.54) is 4.31 Å². The number of rotatable bonds is 7. The Morgan fingerprint density at radius 1 is 1.21 bits per heavy atom. The normalized spacial score (nSPS) is 13.7. The van der Waals surface area contributed by atoms with Crippen LogP contribution in [0.1, 0.15) is 38.7 Å². The molecule has 0 saturated carbocycles. The molecule has 108 valence electrons. The van der Waals surface area contributed by atoms with Crippen LogP contribution >= 0.6 is 0 Å². The van der Waals surface area contributed by atoms with Crippen LogP contribution in [-0.2, 0) is 10.0 Å². The highest BCUT2D eigenvalue weighted by Gasteiger charge is 2.22. The highest BCUT2D eigenvalue weighted by molar-refractivity contribution is 7.89. The van der Waals surface area contributed by atoms with Crippen molar-refractivity contribution in [3.05, 3.63) is 29.8 Å². The van der Waals surface area contributed by atoms with E-state index >= 15 is 0 Å². The molecule has 19 heavy (non-hydrogen) atoms. The van der Waals surface area contributed by atoms with Crippen molar-refractivity contribution in [2.24, 2.45) is 0 Å². The summed E-state index contributed by atoms with van der Waals surface area (Å²) in [7, 11) is -3.49. The van der Waals surface area contributed by atoms with E-state index in [0.717, 1.165) is 12.0 Å². The smallest absolute Gasteiger partial charge is 0.243 e. The average molecular weight is 285 g/mol. The van der Waals surface area contributed by atoms with Crippen molar-refractivity contribution in [1.29, 1.82) is 0 Å². The van der Waals surface area contributed by atoms with Gasteiger partial charge in [0.2, 0.25) is 10.0 Å². The Morgan fingerprint density at radius 2 is 1.79 bits per heavy atom. The summed E-state index contributed by atoms with van der Waals surface area (Å²) in [6.07, 6.45) is 1.03. The summed E-state index contributed by atoms with van der Waals surface area (Å²) < 4.78 is 25.9. The van der Waals surface area contributed by atoms with Crippen LogP contribution < -0.4 is 0 Å². The minimum absolute atomic E-state index is 0.131. The number of aliphatic hydroxyl groups excluding tert-OH is 1. The highest BCUT2D eigenvalue weighted by Crippen LogP contribution is 2.22. The fourth-order valence-electron chi connectivity index (χ4n) is 1.91. The third kappa shape index (κ3) is 3.78. The van der Waals surface area contributed by atoms with Gasteiger partial charge < -0.3 is 5.11 Å². The second-order valence-corrected chi connectivity index (χ2v) is 6.54. The number of hydrogen-bond acceptors (Lipinski definition) is 3. The first-order valence-corrected chi connectivity index (χ1v) is 8.12. The zero-order valence-electron chi connectivity index (χ0n) is 11.8. The van der Waals surface area contributed by atoms with Gasteiger partial charge in [-0.25, -0.2) is 8.42 Å². The van der Waals surface area contributed by atoms with E-state index in [1.807, 2.05) is 12.1 Å². The number of likely N-dealkylation sites (N-methyl/N-ethyl adjacent to an activating group) is 1. The van der Waals surface area contributed by atoms with Crippen LogP contribution in [0.4, 0.5) is 0 Å². The standard InChI is InChI=1S/C14H23NO3S/c1-4-12(3)13-6-8-14(9-7-13)19(17,18)15(5-2)10-11-16/h6-9,12,16H,4-5,10-11H2,1-3H3/t12-/m1/s1. The number of sulfonamides is 1. The van der Waals surface area contributed by atoms with Crippen molar-refractivity contribution in [3.8, 4) is 0 Å². The molecule has 0 aliphatic heterocycles. The third-order valence-electron chi connectivity index (χ3n) is 3.40. The fourth-order valence-corrected chi connectivity index (χ4v) is 3.35. The molecule has 0 heterocycles. The molecule has 0 aliphatic rings. The predicted molar refractivity (Wildman–Crippen MR) is 76.7 cm³/mol. The number of benzene rings is 1. The topological polar surface area (TPSA) is 57.6 Å². The highest BCUT2D eigenvalue weighted by atomic mass is 32.2. The minimum Gasteiger partial charge on any atom is -0.395 e. The van der Waals surface area contributed by atoms with Crippen LogP contribution in [0.15, 0.2) is 29.2 Å². The average Bonchev–Trinajstić information content (AvgIpc) is 2.43. The van der Waals surface area contributed by atoms with Gasteiger partial charge in [-0.1, -0.05) is 32.9 Å². The van der Waals surface area contributed by atoms with Gasteiger partial charge in [-0.05, 0) is 30.0 Å². The monoisotopic (exact) mass is 285 g/mol. The Morgan fingerprint density at radius 3 is 2.21 bits per heavy atom. The molecular weight excluding hydrogens is 262 g/mol. The van der Waals surface area contributed by atoms with Gasteiger partial charge in [-0.3, -0.25) is 0 Å². The molecule has 0 amide bonds. The summed E-state index contributed by atoms with van der Waals surface area (Å²) in [5.41, 5.74) is 1.15. The first kappa shape index (κ1) is 16.1. The summed E-state index contributed by atoms with van der Waals surface area (Å²) in [6.45, 7) is 6.31. The van der Waals surface area contributed by atoms with E-state index < -0.39 is 10.0 Å².